The van der Waals surface area contributed by atoms with E-state index in [1.165, 1.54) is 96.4 Å². The predicted octanol–water partition coefficient (Wildman–Crippen LogP) is 6.71. The van der Waals surface area contributed by atoms with Crippen molar-refractivity contribution in [2.45, 2.75) is 117 Å². The lowest BCUT2D eigenvalue weighted by molar-refractivity contribution is 0.326. The van der Waals surface area contributed by atoms with Gasteiger partial charge >= 0.3 is 0 Å². The van der Waals surface area contributed by atoms with Crippen LogP contribution in [0, 0.1) is 11.8 Å². The predicted molar refractivity (Wildman–Crippen MR) is 100 cm³/mol. The number of unbranched alkanes of at least 4 members (excludes halogenated alkanes) is 4. The van der Waals surface area contributed by atoms with Gasteiger partial charge in [0.05, 0.1) is 0 Å². The van der Waals surface area contributed by atoms with Crippen molar-refractivity contribution in [1.82, 2.24) is 5.32 Å². The van der Waals surface area contributed by atoms with Crippen LogP contribution in [0.5, 0.6) is 0 Å². The molecule has 1 rings (SSSR count). The average Bonchev–Trinajstić information content (AvgIpc) is 2.67. The quantitative estimate of drug-likeness (QED) is 0.442. The lowest BCUT2D eigenvalue weighted by Gasteiger charge is -2.25. The van der Waals surface area contributed by atoms with Crippen LogP contribution in [0.3, 0.4) is 0 Å². The van der Waals surface area contributed by atoms with Crippen molar-refractivity contribution in [3.05, 3.63) is 0 Å². The van der Waals surface area contributed by atoms with E-state index in [2.05, 4.69) is 26.1 Å². The minimum atomic E-state index is 0.795. The second-order valence-electron chi connectivity index (χ2n) is 7.95. The van der Waals surface area contributed by atoms with E-state index in [-0.39, 0.29) is 0 Å². The van der Waals surface area contributed by atoms with Gasteiger partial charge in [0.25, 0.3) is 0 Å². The molecule has 0 saturated carbocycles. The molecule has 1 heterocycles. The number of hydrogen-bond donors (Lipinski definition) is 1. The van der Waals surface area contributed by atoms with E-state index in [4.69, 9.17) is 0 Å². The van der Waals surface area contributed by atoms with Crippen LogP contribution in [0.15, 0.2) is 0 Å². The van der Waals surface area contributed by atoms with Crippen molar-refractivity contribution in [2.24, 2.45) is 11.8 Å². The third kappa shape index (κ3) is 9.87. The molecule has 0 aliphatic carbocycles. The van der Waals surface area contributed by atoms with Gasteiger partial charge in [0.15, 0.2) is 0 Å². The Morgan fingerprint density at radius 1 is 0.818 bits per heavy atom. The van der Waals surface area contributed by atoms with Crippen LogP contribution >= 0.6 is 0 Å². The van der Waals surface area contributed by atoms with Gasteiger partial charge in [-0.2, -0.15) is 0 Å². The van der Waals surface area contributed by atoms with Crippen molar-refractivity contribution in [3.8, 4) is 0 Å². The summed E-state index contributed by atoms with van der Waals surface area (Å²) >= 11 is 0. The summed E-state index contributed by atoms with van der Waals surface area (Å²) in [5.74, 6) is 1.81. The molecule has 0 bridgehead atoms. The van der Waals surface area contributed by atoms with Crippen LogP contribution in [0.25, 0.3) is 0 Å². The van der Waals surface area contributed by atoms with E-state index >= 15 is 0 Å². The van der Waals surface area contributed by atoms with Crippen LogP contribution in [0.4, 0.5) is 0 Å². The van der Waals surface area contributed by atoms with Gasteiger partial charge in [-0.15, -0.1) is 0 Å². The maximum atomic E-state index is 3.84. The molecule has 1 nitrogen and oxygen atoms in total. The van der Waals surface area contributed by atoms with Crippen molar-refractivity contribution >= 4 is 0 Å². The maximum Gasteiger partial charge on any atom is 0.00926 e. The molecule has 1 saturated heterocycles. The fourth-order valence-corrected chi connectivity index (χ4v) is 3.79. The van der Waals surface area contributed by atoms with Crippen LogP contribution in [0.1, 0.15) is 111 Å². The third-order valence-electron chi connectivity index (χ3n) is 5.84. The number of nitrogens with one attached hydrogen (secondary N) is 1. The molecular weight excluding hydrogens is 266 g/mol. The molecule has 1 aliphatic rings. The van der Waals surface area contributed by atoms with Crippen molar-refractivity contribution in [3.63, 3.8) is 0 Å². The van der Waals surface area contributed by atoms with Crippen LogP contribution in [-0.4, -0.2) is 12.6 Å². The van der Waals surface area contributed by atoms with Gasteiger partial charge in [0, 0.05) is 6.04 Å². The SMILES string of the molecule is CC[C@@H](C)CCCCCCCC(C)C1CCCCCCCN1. The zero-order valence-corrected chi connectivity index (χ0v) is 15.8. The van der Waals surface area contributed by atoms with Crippen molar-refractivity contribution in [2.75, 3.05) is 6.54 Å². The smallest absolute Gasteiger partial charge is 0.00926 e. The molecule has 22 heavy (non-hydrogen) atoms. The molecule has 0 aromatic carbocycles. The zero-order chi connectivity index (χ0) is 16.0. The van der Waals surface area contributed by atoms with E-state index in [0.717, 1.165) is 17.9 Å². The third-order valence-corrected chi connectivity index (χ3v) is 5.84. The van der Waals surface area contributed by atoms with Crippen LogP contribution in [-0.2, 0) is 0 Å². The van der Waals surface area contributed by atoms with Crippen molar-refractivity contribution in [1.29, 1.82) is 0 Å². The van der Waals surface area contributed by atoms with Gasteiger partial charge in [-0.3, -0.25) is 0 Å². The second kappa shape index (κ2) is 13.4. The lowest BCUT2D eigenvalue weighted by Crippen LogP contribution is -2.35. The molecule has 2 unspecified atom stereocenters. The van der Waals surface area contributed by atoms with Gasteiger partial charge < -0.3 is 5.32 Å². The molecule has 1 N–H and O–H groups in total. The summed E-state index contributed by atoms with van der Waals surface area (Å²) in [5.41, 5.74) is 0. The van der Waals surface area contributed by atoms with E-state index < -0.39 is 0 Å². The zero-order valence-electron chi connectivity index (χ0n) is 15.8. The van der Waals surface area contributed by atoms with Gasteiger partial charge in [-0.1, -0.05) is 91.4 Å². The van der Waals surface area contributed by atoms with Gasteiger partial charge in [0.2, 0.25) is 0 Å². The number of rotatable bonds is 10. The highest BCUT2D eigenvalue weighted by Gasteiger charge is 2.16. The Morgan fingerprint density at radius 3 is 2.23 bits per heavy atom. The minimum absolute atomic E-state index is 0.795. The fraction of sp³-hybridized carbons (Fsp3) is 1.00. The summed E-state index contributed by atoms with van der Waals surface area (Å²) in [6, 6.07) is 0.795. The Labute approximate surface area is 141 Å². The lowest BCUT2D eigenvalue weighted by atomic mass is 9.91. The Bertz CT molecular complexity index is 228. The summed E-state index contributed by atoms with van der Waals surface area (Å²) < 4.78 is 0. The summed E-state index contributed by atoms with van der Waals surface area (Å²) in [6.45, 7) is 8.45. The van der Waals surface area contributed by atoms with E-state index in [1.807, 2.05) is 0 Å². The molecule has 1 fully saturated rings. The van der Waals surface area contributed by atoms with Gasteiger partial charge in [0.1, 0.15) is 0 Å². The van der Waals surface area contributed by atoms with Crippen LogP contribution < -0.4 is 5.32 Å². The monoisotopic (exact) mass is 309 g/mol. The first-order valence-corrected chi connectivity index (χ1v) is 10.5. The first-order valence-electron chi connectivity index (χ1n) is 10.5. The maximum absolute atomic E-state index is 3.84. The van der Waals surface area contributed by atoms with Crippen LogP contribution in [0.2, 0.25) is 0 Å². The fourth-order valence-electron chi connectivity index (χ4n) is 3.79. The molecule has 3 atom stereocenters. The molecular formula is C21H43N. The summed E-state index contributed by atoms with van der Waals surface area (Å²) in [4.78, 5) is 0. The molecule has 1 heteroatoms. The molecule has 132 valence electrons. The highest BCUT2D eigenvalue weighted by Crippen LogP contribution is 2.21. The van der Waals surface area contributed by atoms with Crippen molar-refractivity contribution < 1.29 is 0 Å². The Balaban J connectivity index is 2.02. The van der Waals surface area contributed by atoms with E-state index in [0.29, 0.717) is 0 Å². The van der Waals surface area contributed by atoms with Gasteiger partial charge in [-0.05, 0) is 37.6 Å². The minimum Gasteiger partial charge on any atom is -0.314 e. The Morgan fingerprint density at radius 2 is 1.45 bits per heavy atom. The molecule has 0 aromatic rings. The normalized spacial score (nSPS) is 23.3. The highest BCUT2D eigenvalue weighted by atomic mass is 14.9. The summed E-state index contributed by atoms with van der Waals surface area (Å²) in [7, 11) is 0. The highest BCUT2D eigenvalue weighted by molar-refractivity contribution is 4.75. The first-order chi connectivity index (χ1) is 10.7. The average molecular weight is 310 g/mol. The second-order valence-corrected chi connectivity index (χ2v) is 7.95. The Kier molecular flexibility index (Phi) is 12.2. The Hall–Kier alpha value is -0.0400. The molecule has 1 aliphatic heterocycles. The molecule has 0 radical (unpaired) electrons. The van der Waals surface area contributed by atoms with Gasteiger partial charge in [-0.25, -0.2) is 0 Å². The summed E-state index contributed by atoms with van der Waals surface area (Å²) in [6.07, 6.45) is 20.1. The largest absolute Gasteiger partial charge is 0.314 e. The molecule has 0 amide bonds. The first kappa shape index (κ1) is 20.0. The molecule has 0 spiro atoms. The van der Waals surface area contributed by atoms with E-state index in [1.54, 1.807) is 0 Å². The standard InChI is InChI=1S/C21H43N/c1-4-19(2)15-11-7-5-8-12-16-20(3)21-17-13-9-6-10-14-18-22-21/h19-22H,4-18H2,1-3H3/t19-,20?,21?/m1/s1. The molecule has 0 aromatic heterocycles. The number of hydrogen-bond acceptors (Lipinski definition) is 1. The topological polar surface area (TPSA) is 12.0 Å². The van der Waals surface area contributed by atoms with E-state index in [9.17, 15) is 0 Å². The summed E-state index contributed by atoms with van der Waals surface area (Å²) in [5, 5.41) is 3.84.